The molecule has 1 unspecified atom stereocenters. The molecule has 8 heavy (non-hydrogen) atoms. The van der Waals surface area contributed by atoms with Gasteiger partial charge < -0.3 is 14.2 Å². The Morgan fingerprint density at radius 1 is 1.88 bits per heavy atom. The summed E-state index contributed by atoms with van der Waals surface area (Å²) in [6.45, 7) is 0.141. The Hall–Kier alpha value is -0.770. The zero-order chi connectivity index (χ0) is 5.98. The van der Waals surface area contributed by atoms with Crippen LogP contribution in [0.3, 0.4) is 0 Å². The van der Waals surface area contributed by atoms with Gasteiger partial charge in [0, 0.05) is 0 Å². The average Bonchev–Trinajstić information content (AvgIpc) is 2.14. The van der Waals surface area contributed by atoms with E-state index in [1.54, 1.807) is 0 Å². The molecule has 45 valence electrons. The van der Waals surface area contributed by atoms with Crippen LogP contribution in [0.1, 0.15) is 0 Å². The Morgan fingerprint density at radius 3 is 2.88 bits per heavy atom. The van der Waals surface area contributed by atoms with Crippen molar-refractivity contribution < 1.29 is 19.0 Å². The monoisotopic (exact) mass is 117 g/mol. The lowest BCUT2D eigenvalue weighted by molar-refractivity contribution is -0.0313. The van der Waals surface area contributed by atoms with Gasteiger partial charge in [0.1, 0.15) is 0 Å². The highest BCUT2D eigenvalue weighted by Gasteiger charge is 2.23. The zero-order valence-corrected chi connectivity index (χ0v) is 4.12. The van der Waals surface area contributed by atoms with E-state index in [0.717, 1.165) is 0 Å². The van der Waals surface area contributed by atoms with Crippen LogP contribution in [0.2, 0.25) is 0 Å². The highest BCUT2D eigenvalue weighted by molar-refractivity contribution is 5.61. The Kier molecular flexibility index (Phi) is 1.34. The molecule has 4 nitrogen and oxygen atoms in total. The summed E-state index contributed by atoms with van der Waals surface area (Å²) >= 11 is 0. The van der Waals surface area contributed by atoms with Crippen LogP contribution in [-0.2, 0) is 14.2 Å². The standard InChI is InChI=1S/C4H5O4/c1-6-3-2-7-4(5)8-3/h3H,1-2H2. The lowest BCUT2D eigenvalue weighted by Gasteiger charge is -1.98. The highest BCUT2D eigenvalue weighted by atomic mass is 16.8. The fraction of sp³-hybridized carbons (Fsp3) is 0.500. The van der Waals surface area contributed by atoms with E-state index < -0.39 is 12.4 Å². The SMILES string of the molecule is [CH2]OC1COC(=O)O1. The second-order valence-electron chi connectivity index (χ2n) is 1.28. The molecule has 1 aliphatic heterocycles. The summed E-state index contributed by atoms with van der Waals surface area (Å²) in [5.41, 5.74) is 0. The van der Waals surface area contributed by atoms with Crippen LogP contribution in [0.15, 0.2) is 0 Å². The van der Waals surface area contributed by atoms with E-state index in [0.29, 0.717) is 0 Å². The first kappa shape index (κ1) is 5.37. The third-order valence-electron chi connectivity index (χ3n) is 0.751. The molecule has 0 amide bonds. The average molecular weight is 117 g/mol. The topological polar surface area (TPSA) is 44.8 Å². The number of ether oxygens (including phenoxy) is 3. The normalized spacial score (nSPS) is 27.1. The molecule has 1 saturated heterocycles. The van der Waals surface area contributed by atoms with E-state index in [2.05, 4.69) is 21.3 Å². The second kappa shape index (κ2) is 2.00. The van der Waals surface area contributed by atoms with E-state index in [-0.39, 0.29) is 6.61 Å². The van der Waals surface area contributed by atoms with E-state index in [4.69, 9.17) is 0 Å². The summed E-state index contributed by atoms with van der Waals surface area (Å²) in [7, 11) is 3.04. The van der Waals surface area contributed by atoms with Crippen molar-refractivity contribution in [1.82, 2.24) is 0 Å². The van der Waals surface area contributed by atoms with Crippen molar-refractivity contribution in [1.29, 1.82) is 0 Å². The van der Waals surface area contributed by atoms with Gasteiger partial charge in [-0.25, -0.2) is 4.79 Å². The second-order valence-corrected chi connectivity index (χ2v) is 1.28. The first-order valence-electron chi connectivity index (χ1n) is 2.07. The number of hydrogen-bond donors (Lipinski definition) is 0. The number of carbonyl (C=O) groups is 1. The number of cyclic esters (lactones) is 2. The molecule has 1 rings (SSSR count). The zero-order valence-electron chi connectivity index (χ0n) is 4.12. The summed E-state index contributed by atoms with van der Waals surface area (Å²) in [5, 5.41) is 0. The molecule has 1 heterocycles. The maximum absolute atomic E-state index is 10.1. The summed E-state index contributed by atoms with van der Waals surface area (Å²) in [6.07, 6.45) is -1.30. The summed E-state index contributed by atoms with van der Waals surface area (Å²) in [6, 6.07) is 0. The first-order valence-corrected chi connectivity index (χ1v) is 2.07. The van der Waals surface area contributed by atoms with Crippen LogP contribution in [0.25, 0.3) is 0 Å². The van der Waals surface area contributed by atoms with Gasteiger partial charge >= 0.3 is 6.16 Å². The fourth-order valence-electron chi connectivity index (χ4n) is 0.394. The van der Waals surface area contributed by atoms with Gasteiger partial charge in [-0.05, 0) is 0 Å². The third-order valence-corrected chi connectivity index (χ3v) is 0.751. The Balaban J connectivity index is 2.32. The van der Waals surface area contributed by atoms with Gasteiger partial charge in [-0.15, -0.1) is 0 Å². The molecule has 1 fully saturated rings. The highest BCUT2D eigenvalue weighted by Crippen LogP contribution is 2.05. The molecule has 0 aromatic heterocycles. The quantitative estimate of drug-likeness (QED) is 0.463. The van der Waals surface area contributed by atoms with E-state index in [1.165, 1.54) is 0 Å². The van der Waals surface area contributed by atoms with Gasteiger partial charge in [0.15, 0.2) is 6.61 Å². The lowest BCUT2D eigenvalue weighted by atomic mass is 10.7. The molecule has 0 spiro atoms. The predicted molar refractivity (Wildman–Crippen MR) is 22.7 cm³/mol. The van der Waals surface area contributed by atoms with E-state index in [1.807, 2.05) is 0 Å². The summed E-state index contributed by atoms with van der Waals surface area (Å²) in [4.78, 5) is 10.1. The molecular weight excluding hydrogens is 112 g/mol. The van der Waals surface area contributed by atoms with Gasteiger partial charge in [0.25, 0.3) is 0 Å². The lowest BCUT2D eigenvalue weighted by Crippen LogP contribution is -2.09. The van der Waals surface area contributed by atoms with Gasteiger partial charge in [-0.1, -0.05) is 0 Å². The Morgan fingerprint density at radius 2 is 2.62 bits per heavy atom. The van der Waals surface area contributed by atoms with Crippen LogP contribution in [0.5, 0.6) is 0 Å². The van der Waals surface area contributed by atoms with Crippen LogP contribution in [-0.4, -0.2) is 19.1 Å². The number of rotatable bonds is 1. The van der Waals surface area contributed by atoms with Crippen molar-refractivity contribution in [3.05, 3.63) is 7.11 Å². The van der Waals surface area contributed by atoms with Crippen LogP contribution in [0, 0.1) is 7.11 Å². The van der Waals surface area contributed by atoms with E-state index >= 15 is 0 Å². The maximum atomic E-state index is 10.1. The van der Waals surface area contributed by atoms with Crippen LogP contribution in [0.4, 0.5) is 4.79 Å². The molecule has 1 atom stereocenters. The van der Waals surface area contributed by atoms with Gasteiger partial charge in [0.2, 0.25) is 6.29 Å². The van der Waals surface area contributed by atoms with Gasteiger partial charge in [-0.3, -0.25) is 0 Å². The van der Waals surface area contributed by atoms with Crippen molar-refractivity contribution in [3.8, 4) is 0 Å². The Labute approximate surface area is 46.3 Å². The molecule has 0 aromatic rings. The Bertz CT molecular complexity index is 100. The predicted octanol–water partition coefficient (Wildman–Crippen LogP) is 0.287. The molecule has 1 radical (unpaired) electrons. The van der Waals surface area contributed by atoms with Gasteiger partial charge in [0.05, 0.1) is 7.11 Å². The molecule has 0 aromatic carbocycles. The number of carbonyl (C=O) groups excluding carboxylic acids is 1. The minimum Gasteiger partial charge on any atom is -0.428 e. The first-order chi connectivity index (χ1) is 3.83. The minimum atomic E-state index is -0.696. The molecule has 0 bridgehead atoms. The van der Waals surface area contributed by atoms with Gasteiger partial charge in [-0.2, -0.15) is 0 Å². The van der Waals surface area contributed by atoms with Crippen molar-refractivity contribution >= 4 is 6.16 Å². The summed E-state index contributed by atoms with van der Waals surface area (Å²) < 4.78 is 13.1. The molecular formula is C4H5O4. The van der Waals surface area contributed by atoms with Crippen LogP contribution >= 0.6 is 0 Å². The largest absolute Gasteiger partial charge is 0.510 e. The third kappa shape index (κ3) is 0.894. The molecule has 0 aliphatic carbocycles. The molecule has 4 heteroatoms. The summed E-state index contributed by atoms with van der Waals surface area (Å²) in [5.74, 6) is 0. The molecule has 0 saturated carbocycles. The molecule has 1 aliphatic rings. The van der Waals surface area contributed by atoms with Crippen molar-refractivity contribution in [3.63, 3.8) is 0 Å². The smallest absolute Gasteiger partial charge is 0.428 e. The molecule has 0 N–H and O–H groups in total. The fourth-order valence-corrected chi connectivity index (χ4v) is 0.394. The van der Waals surface area contributed by atoms with Crippen molar-refractivity contribution in [2.45, 2.75) is 6.29 Å². The maximum Gasteiger partial charge on any atom is 0.510 e. The van der Waals surface area contributed by atoms with E-state index in [9.17, 15) is 4.79 Å². The number of hydrogen-bond acceptors (Lipinski definition) is 4. The van der Waals surface area contributed by atoms with Crippen molar-refractivity contribution in [2.24, 2.45) is 0 Å². The van der Waals surface area contributed by atoms with Crippen molar-refractivity contribution in [2.75, 3.05) is 6.61 Å². The minimum absolute atomic E-state index is 0.141. The van der Waals surface area contributed by atoms with Crippen LogP contribution < -0.4 is 0 Å².